The molecule has 2 heterocycles. The zero-order valence-electron chi connectivity index (χ0n) is 27.2. The Hall–Kier alpha value is -5.84. The highest BCUT2D eigenvalue weighted by atomic mass is 32.1. The van der Waals surface area contributed by atoms with E-state index in [9.17, 15) is 0 Å². The number of rotatable bonds is 3. The van der Waals surface area contributed by atoms with Gasteiger partial charge in [0.25, 0.3) is 0 Å². The van der Waals surface area contributed by atoms with Crippen molar-refractivity contribution in [2.24, 2.45) is 9.98 Å². The normalized spacial score (nSPS) is 18.2. The van der Waals surface area contributed by atoms with Crippen molar-refractivity contribution in [1.82, 2.24) is 5.32 Å². The van der Waals surface area contributed by atoms with Crippen molar-refractivity contribution < 1.29 is 0 Å². The van der Waals surface area contributed by atoms with Gasteiger partial charge in [-0.15, -0.1) is 11.3 Å². The summed E-state index contributed by atoms with van der Waals surface area (Å²) in [5, 5.41) is 4.98. The number of aryl methyl sites for hydroxylation is 1. The van der Waals surface area contributed by atoms with Gasteiger partial charge in [-0.1, -0.05) is 140 Å². The minimum Gasteiger partial charge on any atom is -0.324 e. The summed E-state index contributed by atoms with van der Waals surface area (Å²) in [4.78, 5) is 11.9. The third kappa shape index (κ3) is 3.80. The van der Waals surface area contributed by atoms with Gasteiger partial charge in [0, 0.05) is 26.3 Å². The summed E-state index contributed by atoms with van der Waals surface area (Å²) >= 11 is 1.97. The topological polar surface area (TPSA) is 36.8 Å². The number of hydrogen-bond donors (Lipinski definition) is 1. The molecule has 0 saturated heterocycles. The van der Waals surface area contributed by atoms with Crippen molar-refractivity contribution in [1.29, 1.82) is 0 Å². The number of thiophene rings is 1. The fraction of sp³-hybridized carbons (Fsp3) is 0.0870. The quantitative estimate of drug-likeness (QED) is 0.202. The number of allylic oxidation sites excluding steroid dienone is 1. The Bertz CT molecular complexity index is 2570. The van der Waals surface area contributed by atoms with E-state index < -0.39 is 11.6 Å². The Morgan fingerprint density at radius 3 is 1.98 bits per heavy atom. The maximum absolute atomic E-state index is 5.27. The van der Waals surface area contributed by atoms with Crippen molar-refractivity contribution in [2.45, 2.75) is 24.4 Å². The number of nitrogens with zero attached hydrogens (tertiary/aromatic N) is 2. The van der Waals surface area contributed by atoms with Gasteiger partial charge in [0.15, 0.2) is 6.17 Å². The maximum atomic E-state index is 5.27. The molecule has 1 aliphatic heterocycles. The van der Waals surface area contributed by atoms with Crippen LogP contribution in [0.2, 0.25) is 0 Å². The Morgan fingerprint density at radius 2 is 1.24 bits per heavy atom. The molecule has 236 valence electrons. The summed E-state index contributed by atoms with van der Waals surface area (Å²) in [5.74, 6) is 1.66. The van der Waals surface area contributed by atoms with E-state index in [0.717, 1.165) is 41.2 Å². The predicted molar refractivity (Wildman–Crippen MR) is 207 cm³/mol. The van der Waals surface area contributed by atoms with Crippen molar-refractivity contribution in [3.05, 3.63) is 195 Å². The summed E-state index contributed by atoms with van der Waals surface area (Å²) in [5.41, 5.74) is 15.0. The highest BCUT2D eigenvalue weighted by molar-refractivity contribution is 7.20. The molecule has 1 spiro atoms. The predicted octanol–water partition coefficient (Wildman–Crippen LogP) is 10.7. The summed E-state index contributed by atoms with van der Waals surface area (Å²) in [6.45, 7) is 0. The van der Waals surface area contributed by atoms with Crippen LogP contribution < -0.4 is 5.32 Å². The molecule has 0 saturated carbocycles. The lowest BCUT2D eigenvalue weighted by Gasteiger charge is -2.31. The van der Waals surface area contributed by atoms with E-state index in [1.165, 1.54) is 65.0 Å². The summed E-state index contributed by atoms with van der Waals surface area (Å²) in [6.07, 6.45) is 6.49. The van der Waals surface area contributed by atoms with Gasteiger partial charge in [-0.25, -0.2) is 9.98 Å². The zero-order valence-corrected chi connectivity index (χ0v) is 28.0. The van der Waals surface area contributed by atoms with Crippen LogP contribution in [-0.2, 0) is 11.8 Å². The van der Waals surface area contributed by atoms with Crippen molar-refractivity contribution in [2.75, 3.05) is 0 Å². The minimum atomic E-state index is -0.437. The average molecular weight is 658 g/mol. The lowest BCUT2D eigenvalue weighted by atomic mass is 9.70. The molecule has 7 aromatic rings. The molecule has 4 heteroatoms. The highest BCUT2D eigenvalue weighted by Crippen LogP contribution is 2.64. The third-order valence-corrected chi connectivity index (χ3v) is 12.3. The molecule has 0 fully saturated rings. The van der Waals surface area contributed by atoms with E-state index in [2.05, 4.69) is 145 Å². The standard InChI is InChI=1S/C46H31N3S/c1-3-13-28(14-4-1)43-47-44(29-15-5-2-6-16-29)49-45(48-43)30-23-24-32-31-17-7-10-20-36(31)46(39(32)27-30)37-21-11-8-19-35(37)41-38(46)26-25-34-33-18-9-12-22-40(33)50-42(34)41/h1-8,10-17,19-27,45H,9,18H2,(H,47,48,49). The first-order valence-electron chi connectivity index (χ1n) is 17.4. The first kappa shape index (κ1) is 28.0. The van der Waals surface area contributed by atoms with Crippen molar-refractivity contribution in [3.63, 3.8) is 0 Å². The van der Waals surface area contributed by atoms with Gasteiger partial charge in [0.1, 0.15) is 11.7 Å². The summed E-state index contributed by atoms with van der Waals surface area (Å²) in [7, 11) is 0. The number of nitrogens with one attached hydrogen (secondary N) is 1. The van der Waals surface area contributed by atoms with Crippen LogP contribution >= 0.6 is 11.3 Å². The Kier molecular flexibility index (Phi) is 5.93. The summed E-state index contributed by atoms with van der Waals surface area (Å²) < 4.78 is 1.41. The second kappa shape index (κ2) is 10.6. The number of aliphatic imine (C=N–C) groups is 2. The second-order valence-corrected chi connectivity index (χ2v) is 14.6. The fourth-order valence-corrected chi connectivity index (χ4v) is 10.3. The molecule has 3 aliphatic carbocycles. The molecule has 0 amide bonds. The van der Waals surface area contributed by atoms with Crippen LogP contribution in [0.4, 0.5) is 0 Å². The van der Waals surface area contributed by atoms with Gasteiger partial charge in [-0.05, 0) is 80.4 Å². The van der Waals surface area contributed by atoms with Gasteiger partial charge in [-0.3, -0.25) is 0 Å². The number of fused-ring (bicyclic) bond motifs is 14. The molecule has 1 atom stereocenters. The molecule has 11 rings (SSSR count). The van der Waals surface area contributed by atoms with Crippen LogP contribution in [0.25, 0.3) is 38.4 Å². The lowest BCUT2D eigenvalue weighted by Crippen LogP contribution is -2.36. The van der Waals surface area contributed by atoms with E-state index in [-0.39, 0.29) is 0 Å². The van der Waals surface area contributed by atoms with Crippen LogP contribution in [0.1, 0.15) is 62.0 Å². The lowest BCUT2D eigenvalue weighted by molar-refractivity contribution is 0.744. The first-order valence-corrected chi connectivity index (χ1v) is 18.2. The Morgan fingerprint density at radius 1 is 0.600 bits per heavy atom. The van der Waals surface area contributed by atoms with Gasteiger partial charge in [-0.2, -0.15) is 0 Å². The summed E-state index contributed by atoms with van der Waals surface area (Å²) in [6, 6.07) is 50.8. The monoisotopic (exact) mass is 657 g/mol. The van der Waals surface area contributed by atoms with Gasteiger partial charge < -0.3 is 5.32 Å². The van der Waals surface area contributed by atoms with Crippen molar-refractivity contribution >= 4 is 39.2 Å². The van der Waals surface area contributed by atoms with E-state index >= 15 is 0 Å². The van der Waals surface area contributed by atoms with Crippen LogP contribution in [0, 0.1) is 0 Å². The van der Waals surface area contributed by atoms with Gasteiger partial charge in [0.05, 0.1) is 5.41 Å². The minimum absolute atomic E-state index is 0.401. The van der Waals surface area contributed by atoms with Gasteiger partial charge >= 0.3 is 0 Å². The van der Waals surface area contributed by atoms with Crippen LogP contribution in [-0.4, -0.2) is 11.7 Å². The van der Waals surface area contributed by atoms with E-state index in [1.807, 2.05) is 23.5 Å². The molecule has 1 N–H and O–H groups in total. The van der Waals surface area contributed by atoms with Crippen LogP contribution in [0.3, 0.4) is 0 Å². The fourth-order valence-electron chi connectivity index (χ4n) is 8.92. The van der Waals surface area contributed by atoms with E-state index in [4.69, 9.17) is 9.98 Å². The average Bonchev–Trinajstić information content (AvgIpc) is 3.82. The molecule has 4 aliphatic rings. The largest absolute Gasteiger partial charge is 0.324 e. The molecule has 1 unspecified atom stereocenters. The molecule has 6 aromatic carbocycles. The number of benzene rings is 6. The number of hydrogen-bond acceptors (Lipinski definition) is 4. The second-order valence-electron chi connectivity index (χ2n) is 13.6. The zero-order chi connectivity index (χ0) is 32.8. The molecule has 0 radical (unpaired) electrons. The van der Waals surface area contributed by atoms with E-state index in [0.29, 0.717) is 0 Å². The smallest absolute Gasteiger partial charge is 0.169 e. The van der Waals surface area contributed by atoms with Gasteiger partial charge in [0.2, 0.25) is 0 Å². The SMILES string of the molecule is C1=Cc2sc3c4c(ccc3c2CC1)C1(c2ccccc2-c2ccc(C3N=C(c5ccccc5)NC(c5ccccc5)=N3)cc21)c1ccccc1-4. The van der Waals surface area contributed by atoms with Crippen molar-refractivity contribution in [3.8, 4) is 22.3 Å². The molecular formula is C46H31N3S. The van der Waals surface area contributed by atoms with E-state index in [1.54, 1.807) is 0 Å². The molecular weight excluding hydrogens is 627 g/mol. The molecule has 1 aromatic heterocycles. The van der Waals surface area contributed by atoms with Crippen LogP contribution in [0.5, 0.6) is 0 Å². The third-order valence-electron chi connectivity index (χ3n) is 11.0. The molecule has 3 nitrogen and oxygen atoms in total. The Balaban J connectivity index is 1.17. The maximum Gasteiger partial charge on any atom is 0.169 e. The first-order chi connectivity index (χ1) is 24.8. The van der Waals surface area contributed by atoms with Crippen LogP contribution in [0.15, 0.2) is 156 Å². The molecule has 0 bridgehead atoms. The molecule has 50 heavy (non-hydrogen) atoms. The number of amidine groups is 2. The highest BCUT2D eigenvalue weighted by Gasteiger charge is 2.52. The Labute approximate surface area is 295 Å².